The zero-order valence-electron chi connectivity index (χ0n) is 13.7. The van der Waals surface area contributed by atoms with Gasteiger partial charge in [-0.3, -0.25) is 0 Å². The van der Waals surface area contributed by atoms with Gasteiger partial charge in [0.05, 0.1) is 13.2 Å². The summed E-state index contributed by atoms with van der Waals surface area (Å²) >= 11 is 5.48. The number of rotatable bonds is 4. The first-order chi connectivity index (χ1) is 11.7. The van der Waals surface area contributed by atoms with Crippen LogP contribution < -0.4 is 15.4 Å². The maximum atomic E-state index is 5.48. The lowest BCUT2D eigenvalue weighted by Gasteiger charge is -2.18. The fraction of sp³-hybridized carbons (Fsp3) is 0.150. The largest absolute Gasteiger partial charge is 0.497 e. The van der Waals surface area contributed by atoms with Gasteiger partial charge >= 0.3 is 0 Å². The zero-order valence-corrected chi connectivity index (χ0v) is 14.6. The lowest BCUT2D eigenvalue weighted by Crippen LogP contribution is -2.30. The Balaban J connectivity index is 1.70. The highest BCUT2D eigenvalue weighted by atomic mass is 32.1. The lowest BCUT2D eigenvalue weighted by molar-refractivity contribution is 0.414. The Labute approximate surface area is 147 Å². The fourth-order valence-electron chi connectivity index (χ4n) is 2.67. The van der Waals surface area contributed by atoms with Crippen molar-refractivity contribution in [3.8, 4) is 5.75 Å². The van der Waals surface area contributed by atoms with E-state index >= 15 is 0 Å². The molecule has 1 atom stereocenters. The van der Waals surface area contributed by atoms with Crippen molar-refractivity contribution in [2.75, 3.05) is 12.4 Å². The van der Waals surface area contributed by atoms with Crippen LogP contribution in [-0.2, 0) is 0 Å². The van der Waals surface area contributed by atoms with Crippen molar-refractivity contribution in [1.29, 1.82) is 0 Å². The summed E-state index contributed by atoms with van der Waals surface area (Å²) < 4.78 is 5.19. The quantitative estimate of drug-likeness (QED) is 0.664. The van der Waals surface area contributed by atoms with Crippen molar-refractivity contribution in [3.63, 3.8) is 0 Å². The third-order valence-corrected chi connectivity index (χ3v) is 4.22. The minimum absolute atomic E-state index is 0.103. The highest BCUT2D eigenvalue weighted by Crippen LogP contribution is 2.23. The molecule has 0 amide bonds. The molecular weight excluding hydrogens is 316 g/mol. The molecule has 0 aliphatic carbocycles. The van der Waals surface area contributed by atoms with Gasteiger partial charge in [0.15, 0.2) is 5.11 Å². The predicted molar refractivity (Wildman–Crippen MR) is 105 cm³/mol. The number of thiocarbonyl (C=S) groups is 1. The van der Waals surface area contributed by atoms with Crippen molar-refractivity contribution in [3.05, 3.63) is 72.3 Å². The van der Waals surface area contributed by atoms with Gasteiger partial charge in [-0.05, 0) is 48.3 Å². The third-order valence-electron chi connectivity index (χ3n) is 4.00. The highest BCUT2D eigenvalue weighted by Gasteiger charge is 2.08. The smallest absolute Gasteiger partial charge is 0.171 e. The molecule has 1 unspecified atom stereocenters. The summed E-state index contributed by atoms with van der Waals surface area (Å²) in [4.78, 5) is 0. The summed E-state index contributed by atoms with van der Waals surface area (Å²) in [6.07, 6.45) is 0. The number of benzene rings is 3. The third kappa shape index (κ3) is 3.66. The Bertz CT molecular complexity index is 840. The Kier molecular flexibility index (Phi) is 4.96. The molecule has 0 saturated heterocycles. The normalized spacial score (nSPS) is 11.8. The Morgan fingerprint density at radius 2 is 1.67 bits per heavy atom. The standard InChI is InChI=1S/C20H20N2OS/c1-14(15-10-12-17(23-2)13-11-15)21-20(24)22-19-9-5-7-16-6-3-4-8-18(16)19/h3-14H,1-2H3,(H2,21,22,24). The van der Waals surface area contributed by atoms with E-state index in [1.807, 2.05) is 48.5 Å². The van der Waals surface area contributed by atoms with Crippen LogP contribution in [0.2, 0.25) is 0 Å². The molecule has 3 nitrogen and oxygen atoms in total. The molecule has 24 heavy (non-hydrogen) atoms. The molecule has 0 bridgehead atoms. The van der Waals surface area contributed by atoms with Gasteiger partial charge in [-0.25, -0.2) is 0 Å². The molecule has 0 heterocycles. The van der Waals surface area contributed by atoms with Crippen LogP contribution in [0.5, 0.6) is 5.75 Å². The number of hydrogen-bond donors (Lipinski definition) is 2. The van der Waals surface area contributed by atoms with Crippen LogP contribution in [0.3, 0.4) is 0 Å². The molecule has 0 aliphatic heterocycles. The van der Waals surface area contributed by atoms with Crippen molar-refractivity contribution in [2.24, 2.45) is 0 Å². The SMILES string of the molecule is COc1ccc(C(C)NC(=S)Nc2cccc3ccccc23)cc1. The van der Waals surface area contributed by atoms with E-state index in [9.17, 15) is 0 Å². The first-order valence-corrected chi connectivity index (χ1v) is 8.27. The van der Waals surface area contributed by atoms with E-state index in [4.69, 9.17) is 17.0 Å². The molecule has 3 aromatic carbocycles. The van der Waals surface area contributed by atoms with Crippen LogP contribution in [0.4, 0.5) is 5.69 Å². The van der Waals surface area contributed by atoms with Crippen molar-refractivity contribution >= 4 is 33.8 Å². The number of ether oxygens (including phenoxy) is 1. The molecular formula is C20H20N2OS. The summed E-state index contributed by atoms with van der Waals surface area (Å²) in [5, 5.41) is 9.58. The van der Waals surface area contributed by atoms with Gasteiger partial charge in [-0.1, -0.05) is 48.5 Å². The van der Waals surface area contributed by atoms with E-state index in [2.05, 4.69) is 35.8 Å². The molecule has 0 saturated carbocycles. The Morgan fingerprint density at radius 1 is 0.958 bits per heavy atom. The maximum Gasteiger partial charge on any atom is 0.171 e. The highest BCUT2D eigenvalue weighted by molar-refractivity contribution is 7.80. The minimum Gasteiger partial charge on any atom is -0.497 e. The lowest BCUT2D eigenvalue weighted by atomic mass is 10.1. The van der Waals surface area contributed by atoms with Crippen LogP contribution in [0.25, 0.3) is 10.8 Å². The van der Waals surface area contributed by atoms with E-state index < -0.39 is 0 Å². The second-order valence-corrected chi connectivity index (χ2v) is 6.03. The van der Waals surface area contributed by atoms with Crippen LogP contribution in [0.15, 0.2) is 66.7 Å². The fourth-order valence-corrected chi connectivity index (χ4v) is 2.95. The molecule has 3 rings (SSSR count). The van der Waals surface area contributed by atoms with Crippen LogP contribution in [0, 0.1) is 0 Å². The van der Waals surface area contributed by atoms with E-state index in [1.54, 1.807) is 7.11 Å². The van der Waals surface area contributed by atoms with E-state index in [0.717, 1.165) is 22.4 Å². The number of hydrogen-bond acceptors (Lipinski definition) is 2. The molecule has 2 N–H and O–H groups in total. The average Bonchev–Trinajstić information content (AvgIpc) is 2.62. The molecule has 4 heteroatoms. The first-order valence-electron chi connectivity index (χ1n) is 7.86. The summed E-state index contributed by atoms with van der Waals surface area (Å²) in [7, 11) is 1.67. The number of nitrogens with one attached hydrogen (secondary N) is 2. The Morgan fingerprint density at radius 3 is 2.42 bits per heavy atom. The summed E-state index contributed by atoms with van der Waals surface area (Å²) in [5.74, 6) is 0.849. The van der Waals surface area contributed by atoms with Gasteiger partial charge in [0.1, 0.15) is 5.75 Å². The van der Waals surface area contributed by atoms with Gasteiger partial charge in [0, 0.05) is 11.1 Å². The maximum absolute atomic E-state index is 5.48. The molecule has 0 fully saturated rings. The van der Waals surface area contributed by atoms with Gasteiger partial charge in [-0.2, -0.15) is 0 Å². The monoisotopic (exact) mass is 336 g/mol. The molecule has 0 spiro atoms. The van der Waals surface area contributed by atoms with Gasteiger partial charge < -0.3 is 15.4 Å². The van der Waals surface area contributed by atoms with Crippen LogP contribution >= 0.6 is 12.2 Å². The predicted octanol–water partition coefficient (Wildman–Crippen LogP) is 4.90. The summed E-state index contributed by atoms with van der Waals surface area (Å²) in [6.45, 7) is 2.08. The number of methoxy groups -OCH3 is 1. The molecule has 0 radical (unpaired) electrons. The van der Waals surface area contributed by atoms with Crippen molar-refractivity contribution in [1.82, 2.24) is 5.32 Å². The average molecular weight is 336 g/mol. The molecule has 122 valence electrons. The first kappa shape index (κ1) is 16.3. The summed E-state index contributed by atoms with van der Waals surface area (Å²) in [6, 6.07) is 22.5. The van der Waals surface area contributed by atoms with Gasteiger partial charge in [-0.15, -0.1) is 0 Å². The number of fused-ring (bicyclic) bond motifs is 1. The molecule has 0 aromatic heterocycles. The van der Waals surface area contributed by atoms with E-state index in [0.29, 0.717) is 5.11 Å². The van der Waals surface area contributed by atoms with E-state index in [-0.39, 0.29) is 6.04 Å². The zero-order chi connectivity index (χ0) is 16.9. The molecule has 3 aromatic rings. The summed E-state index contributed by atoms with van der Waals surface area (Å²) in [5.41, 5.74) is 2.16. The molecule has 0 aliphatic rings. The second kappa shape index (κ2) is 7.32. The second-order valence-electron chi connectivity index (χ2n) is 5.62. The van der Waals surface area contributed by atoms with Crippen LogP contribution in [0.1, 0.15) is 18.5 Å². The van der Waals surface area contributed by atoms with Gasteiger partial charge in [0.2, 0.25) is 0 Å². The van der Waals surface area contributed by atoms with Crippen LogP contribution in [-0.4, -0.2) is 12.2 Å². The number of anilines is 1. The van der Waals surface area contributed by atoms with E-state index in [1.165, 1.54) is 5.39 Å². The minimum atomic E-state index is 0.103. The topological polar surface area (TPSA) is 33.3 Å². The Hall–Kier alpha value is -2.59. The van der Waals surface area contributed by atoms with Gasteiger partial charge in [0.25, 0.3) is 0 Å². The van der Waals surface area contributed by atoms with Crippen molar-refractivity contribution in [2.45, 2.75) is 13.0 Å². The van der Waals surface area contributed by atoms with Crippen molar-refractivity contribution < 1.29 is 4.74 Å².